The number of aromatic nitrogens is 2. The SMILES string of the molecule is Cc1ccc2cccc(C(=O)N[C@H]3CCN(c4nccs4)C3)c2n1. The van der Waals surface area contributed by atoms with E-state index in [4.69, 9.17) is 0 Å². The second-order valence-electron chi connectivity index (χ2n) is 6.05. The lowest BCUT2D eigenvalue weighted by atomic mass is 10.1. The summed E-state index contributed by atoms with van der Waals surface area (Å²) in [5, 5.41) is 7.14. The highest BCUT2D eigenvalue weighted by molar-refractivity contribution is 7.13. The van der Waals surface area contributed by atoms with Gasteiger partial charge in [0.25, 0.3) is 5.91 Å². The summed E-state index contributed by atoms with van der Waals surface area (Å²) in [6, 6.07) is 9.85. The Balaban J connectivity index is 1.52. The van der Waals surface area contributed by atoms with E-state index in [0.29, 0.717) is 5.56 Å². The van der Waals surface area contributed by atoms with Crippen LogP contribution in [-0.2, 0) is 0 Å². The van der Waals surface area contributed by atoms with Gasteiger partial charge in [-0.15, -0.1) is 11.3 Å². The molecule has 1 amide bonds. The molecule has 24 heavy (non-hydrogen) atoms. The molecular weight excluding hydrogens is 320 g/mol. The van der Waals surface area contributed by atoms with E-state index < -0.39 is 0 Å². The van der Waals surface area contributed by atoms with Crippen LogP contribution in [0.4, 0.5) is 5.13 Å². The first-order valence-electron chi connectivity index (χ1n) is 8.02. The fourth-order valence-corrected chi connectivity index (χ4v) is 3.79. The minimum atomic E-state index is -0.0512. The number of fused-ring (bicyclic) bond motifs is 1. The Bertz CT molecular complexity index is 878. The van der Waals surface area contributed by atoms with Gasteiger partial charge in [-0.05, 0) is 25.5 Å². The maximum atomic E-state index is 12.7. The number of nitrogens with one attached hydrogen (secondary N) is 1. The number of aryl methyl sites for hydroxylation is 1. The first-order valence-corrected chi connectivity index (χ1v) is 8.90. The molecule has 0 spiro atoms. The molecule has 1 saturated heterocycles. The fraction of sp³-hybridized carbons (Fsp3) is 0.278. The third kappa shape index (κ3) is 2.85. The predicted molar refractivity (Wildman–Crippen MR) is 96.7 cm³/mol. The number of hydrogen-bond acceptors (Lipinski definition) is 5. The Hall–Kier alpha value is -2.47. The molecule has 1 atom stereocenters. The van der Waals surface area contributed by atoms with E-state index in [2.05, 4.69) is 20.2 Å². The highest BCUT2D eigenvalue weighted by atomic mass is 32.1. The molecule has 1 aliphatic rings. The molecule has 2 aromatic heterocycles. The van der Waals surface area contributed by atoms with Gasteiger partial charge >= 0.3 is 0 Å². The van der Waals surface area contributed by atoms with Gasteiger partial charge in [0.05, 0.1) is 11.1 Å². The van der Waals surface area contributed by atoms with Crippen LogP contribution in [0.5, 0.6) is 0 Å². The third-order valence-electron chi connectivity index (χ3n) is 4.32. The summed E-state index contributed by atoms with van der Waals surface area (Å²) < 4.78 is 0. The first kappa shape index (κ1) is 15.1. The summed E-state index contributed by atoms with van der Waals surface area (Å²) >= 11 is 1.63. The predicted octanol–water partition coefficient (Wildman–Crippen LogP) is 3.01. The quantitative estimate of drug-likeness (QED) is 0.797. The van der Waals surface area contributed by atoms with Crippen molar-refractivity contribution >= 4 is 33.3 Å². The molecule has 0 bridgehead atoms. The number of thiazole rings is 1. The summed E-state index contributed by atoms with van der Waals surface area (Å²) in [6.07, 6.45) is 2.75. The minimum Gasteiger partial charge on any atom is -0.347 e. The first-order chi connectivity index (χ1) is 11.7. The fourth-order valence-electron chi connectivity index (χ4n) is 3.11. The van der Waals surface area contributed by atoms with Crippen molar-refractivity contribution in [2.45, 2.75) is 19.4 Å². The summed E-state index contributed by atoms with van der Waals surface area (Å²) in [5.74, 6) is -0.0512. The molecule has 3 aromatic rings. The van der Waals surface area contributed by atoms with Crippen molar-refractivity contribution < 1.29 is 4.79 Å². The Morgan fingerprint density at radius 2 is 2.25 bits per heavy atom. The van der Waals surface area contributed by atoms with Crippen molar-refractivity contribution in [3.63, 3.8) is 0 Å². The number of carbonyl (C=O) groups is 1. The smallest absolute Gasteiger partial charge is 0.253 e. The molecule has 0 saturated carbocycles. The second-order valence-corrected chi connectivity index (χ2v) is 6.92. The third-order valence-corrected chi connectivity index (χ3v) is 5.15. The number of benzene rings is 1. The van der Waals surface area contributed by atoms with Crippen molar-refractivity contribution in [2.24, 2.45) is 0 Å². The molecule has 3 heterocycles. The molecule has 0 unspecified atom stereocenters. The van der Waals surface area contributed by atoms with Crippen molar-refractivity contribution in [3.05, 3.63) is 53.2 Å². The van der Waals surface area contributed by atoms with E-state index in [1.165, 1.54) is 0 Å². The van der Waals surface area contributed by atoms with Gasteiger partial charge in [-0.1, -0.05) is 18.2 Å². The van der Waals surface area contributed by atoms with Gasteiger partial charge in [0.1, 0.15) is 0 Å². The Kier molecular flexibility index (Phi) is 3.90. The number of carbonyl (C=O) groups excluding carboxylic acids is 1. The summed E-state index contributed by atoms with van der Waals surface area (Å²) in [6.45, 7) is 3.67. The Labute approximate surface area is 144 Å². The number of pyridine rings is 1. The van der Waals surface area contributed by atoms with Crippen LogP contribution in [0.3, 0.4) is 0 Å². The summed E-state index contributed by atoms with van der Waals surface area (Å²) in [5.41, 5.74) is 2.33. The standard InChI is InChI=1S/C18H18N4OS/c1-12-5-6-13-3-2-4-15(16(13)20-12)17(23)21-14-7-9-22(11-14)18-19-8-10-24-18/h2-6,8,10,14H,7,9,11H2,1H3,(H,21,23)/t14-/m0/s1. The van der Waals surface area contributed by atoms with Crippen LogP contribution < -0.4 is 10.2 Å². The normalized spacial score (nSPS) is 17.4. The molecule has 0 radical (unpaired) electrons. The van der Waals surface area contributed by atoms with Crippen LogP contribution in [0.15, 0.2) is 41.9 Å². The van der Waals surface area contributed by atoms with Gasteiger partial charge in [-0.25, -0.2) is 4.98 Å². The van der Waals surface area contributed by atoms with E-state index in [-0.39, 0.29) is 11.9 Å². The van der Waals surface area contributed by atoms with Crippen molar-refractivity contribution in [1.82, 2.24) is 15.3 Å². The van der Waals surface area contributed by atoms with Crippen LogP contribution in [0.2, 0.25) is 0 Å². The average molecular weight is 338 g/mol. The Morgan fingerprint density at radius 1 is 1.33 bits per heavy atom. The van der Waals surface area contributed by atoms with Crippen LogP contribution >= 0.6 is 11.3 Å². The van der Waals surface area contributed by atoms with Crippen molar-refractivity contribution in [1.29, 1.82) is 0 Å². The monoisotopic (exact) mass is 338 g/mol. The van der Waals surface area contributed by atoms with Crippen LogP contribution in [0.1, 0.15) is 22.5 Å². The molecule has 1 fully saturated rings. The van der Waals surface area contributed by atoms with E-state index >= 15 is 0 Å². The lowest BCUT2D eigenvalue weighted by molar-refractivity contribution is 0.0942. The number of hydrogen-bond donors (Lipinski definition) is 1. The van der Waals surface area contributed by atoms with E-state index in [0.717, 1.165) is 41.2 Å². The second kappa shape index (κ2) is 6.20. The van der Waals surface area contributed by atoms with Crippen LogP contribution in [0, 0.1) is 6.92 Å². The van der Waals surface area contributed by atoms with Crippen LogP contribution in [-0.4, -0.2) is 35.0 Å². The topological polar surface area (TPSA) is 58.1 Å². The number of para-hydroxylation sites is 1. The van der Waals surface area contributed by atoms with E-state index in [1.54, 1.807) is 11.3 Å². The lowest BCUT2D eigenvalue weighted by Crippen LogP contribution is -2.37. The molecule has 1 aliphatic heterocycles. The zero-order valence-electron chi connectivity index (χ0n) is 13.4. The Morgan fingerprint density at radius 3 is 3.08 bits per heavy atom. The average Bonchev–Trinajstić information content (AvgIpc) is 3.25. The maximum Gasteiger partial charge on any atom is 0.253 e. The summed E-state index contributed by atoms with van der Waals surface area (Å²) in [4.78, 5) is 23.8. The number of rotatable bonds is 3. The molecule has 0 aliphatic carbocycles. The molecular formula is C18H18N4OS. The number of nitrogens with zero attached hydrogens (tertiary/aromatic N) is 3. The van der Waals surface area contributed by atoms with Gasteiger partial charge in [0.2, 0.25) is 0 Å². The van der Waals surface area contributed by atoms with E-state index in [1.807, 2.05) is 48.8 Å². The largest absolute Gasteiger partial charge is 0.347 e. The summed E-state index contributed by atoms with van der Waals surface area (Å²) in [7, 11) is 0. The van der Waals surface area contributed by atoms with Crippen molar-refractivity contribution in [3.8, 4) is 0 Å². The highest BCUT2D eigenvalue weighted by Gasteiger charge is 2.26. The lowest BCUT2D eigenvalue weighted by Gasteiger charge is -2.16. The zero-order valence-corrected chi connectivity index (χ0v) is 14.2. The van der Waals surface area contributed by atoms with Gasteiger partial charge < -0.3 is 10.2 Å². The molecule has 122 valence electrons. The number of anilines is 1. The molecule has 6 heteroatoms. The van der Waals surface area contributed by atoms with Crippen molar-refractivity contribution in [2.75, 3.05) is 18.0 Å². The maximum absolute atomic E-state index is 12.7. The molecule has 1 aromatic carbocycles. The number of amides is 1. The molecule has 5 nitrogen and oxygen atoms in total. The van der Waals surface area contributed by atoms with Gasteiger partial charge in [-0.2, -0.15) is 0 Å². The van der Waals surface area contributed by atoms with Gasteiger partial charge in [-0.3, -0.25) is 9.78 Å². The van der Waals surface area contributed by atoms with Gasteiger partial charge in [0, 0.05) is 41.8 Å². The zero-order chi connectivity index (χ0) is 16.5. The van der Waals surface area contributed by atoms with E-state index in [9.17, 15) is 4.79 Å². The van der Waals surface area contributed by atoms with Crippen LogP contribution in [0.25, 0.3) is 10.9 Å². The molecule has 1 N–H and O–H groups in total. The molecule has 4 rings (SSSR count). The highest BCUT2D eigenvalue weighted by Crippen LogP contribution is 2.23. The van der Waals surface area contributed by atoms with Gasteiger partial charge in [0.15, 0.2) is 5.13 Å². The minimum absolute atomic E-state index is 0.0512.